The van der Waals surface area contributed by atoms with E-state index in [4.69, 9.17) is 4.74 Å². The molecule has 0 saturated heterocycles. The average Bonchev–Trinajstić information content (AvgIpc) is 3.22. The van der Waals surface area contributed by atoms with Crippen molar-refractivity contribution in [1.82, 2.24) is 19.8 Å². The first-order chi connectivity index (χ1) is 9.69. The summed E-state index contributed by atoms with van der Waals surface area (Å²) in [6, 6.07) is 0. The number of imidazole rings is 1. The minimum atomic E-state index is -0.566. The molecule has 0 spiro atoms. The van der Waals surface area contributed by atoms with Gasteiger partial charge in [-0.3, -0.25) is 4.90 Å². The van der Waals surface area contributed by atoms with Gasteiger partial charge in [-0.05, 0) is 25.8 Å². The second kappa shape index (κ2) is 5.18. The number of carbonyl (C=O) groups is 1. The van der Waals surface area contributed by atoms with Crippen molar-refractivity contribution in [1.29, 1.82) is 0 Å². The number of carbonyl (C=O) groups excluding carboxylic acids is 1. The Hall–Kier alpha value is -1.40. The summed E-state index contributed by atoms with van der Waals surface area (Å²) >= 11 is 0. The van der Waals surface area contributed by atoms with Crippen molar-refractivity contribution in [3.8, 4) is 0 Å². The largest absolute Gasteiger partial charge is 0.468 e. The molecule has 2 aliphatic rings. The van der Waals surface area contributed by atoms with Gasteiger partial charge in [0, 0.05) is 32.0 Å². The molecular formula is C14H22N4O2. The van der Waals surface area contributed by atoms with Crippen molar-refractivity contribution in [2.45, 2.75) is 31.5 Å². The molecule has 6 nitrogen and oxygen atoms in total. The second-order valence-electron chi connectivity index (χ2n) is 5.73. The highest BCUT2D eigenvalue weighted by Crippen LogP contribution is 2.41. The summed E-state index contributed by atoms with van der Waals surface area (Å²) in [7, 11) is 3.33. The molecule has 0 amide bonds. The molecule has 3 rings (SSSR count). The topological polar surface area (TPSA) is 59.4 Å². The highest BCUT2D eigenvalue weighted by molar-refractivity contribution is 5.82. The van der Waals surface area contributed by atoms with Crippen molar-refractivity contribution in [3.05, 3.63) is 18.2 Å². The Morgan fingerprint density at radius 2 is 2.35 bits per heavy atom. The fourth-order valence-electron chi connectivity index (χ4n) is 3.21. The van der Waals surface area contributed by atoms with Crippen LogP contribution in [0.1, 0.15) is 18.7 Å². The van der Waals surface area contributed by atoms with Crippen LogP contribution >= 0.6 is 0 Å². The number of aromatic nitrogens is 2. The summed E-state index contributed by atoms with van der Waals surface area (Å²) in [6.45, 7) is 3.35. The lowest BCUT2D eigenvalue weighted by molar-refractivity contribution is -0.150. The molecule has 2 heterocycles. The zero-order valence-corrected chi connectivity index (χ0v) is 12.1. The summed E-state index contributed by atoms with van der Waals surface area (Å²) in [5.41, 5.74) is -0.566. The van der Waals surface area contributed by atoms with E-state index in [1.165, 1.54) is 7.11 Å². The summed E-state index contributed by atoms with van der Waals surface area (Å²) in [5.74, 6) is 1.32. The Labute approximate surface area is 119 Å². The fourth-order valence-corrected chi connectivity index (χ4v) is 3.21. The number of fused-ring (bicyclic) bond motifs is 1. The molecule has 1 aromatic rings. The van der Waals surface area contributed by atoms with E-state index in [2.05, 4.69) is 19.8 Å². The second-order valence-corrected chi connectivity index (χ2v) is 5.73. The van der Waals surface area contributed by atoms with Crippen LogP contribution in [-0.4, -0.2) is 53.2 Å². The summed E-state index contributed by atoms with van der Waals surface area (Å²) in [4.78, 5) is 19.0. The number of hydrogen-bond acceptors (Lipinski definition) is 5. The maximum Gasteiger partial charge on any atom is 0.327 e. The van der Waals surface area contributed by atoms with Gasteiger partial charge in [-0.25, -0.2) is 9.78 Å². The third-order valence-electron chi connectivity index (χ3n) is 4.57. The Morgan fingerprint density at radius 1 is 1.55 bits per heavy atom. The molecule has 1 unspecified atom stereocenters. The lowest BCUT2D eigenvalue weighted by atomic mass is 9.92. The van der Waals surface area contributed by atoms with Gasteiger partial charge in [0.1, 0.15) is 11.4 Å². The zero-order chi connectivity index (χ0) is 14.2. The van der Waals surface area contributed by atoms with Gasteiger partial charge in [0.25, 0.3) is 0 Å². The first-order valence-electron chi connectivity index (χ1n) is 7.19. The van der Waals surface area contributed by atoms with Crippen LogP contribution in [0.15, 0.2) is 12.4 Å². The van der Waals surface area contributed by atoms with E-state index in [0.717, 1.165) is 38.3 Å². The van der Waals surface area contributed by atoms with E-state index in [0.29, 0.717) is 12.5 Å². The molecule has 1 fully saturated rings. The van der Waals surface area contributed by atoms with Crippen LogP contribution in [0.5, 0.6) is 0 Å². The minimum Gasteiger partial charge on any atom is -0.468 e. The lowest BCUT2D eigenvalue weighted by Gasteiger charge is -2.37. The number of ether oxygens (including phenoxy) is 1. The number of nitrogens with one attached hydrogen (secondary N) is 1. The van der Waals surface area contributed by atoms with Gasteiger partial charge >= 0.3 is 5.97 Å². The molecule has 1 saturated carbocycles. The fraction of sp³-hybridized carbons (Fsp3) is 0.714. The zero-order valence-electron chi connectivity index (χ0n) is 12.1. The standard InChI is InChI=1S/C14H22N4O2/c1-15-14(11-3-4-11,13(19)20-2)10-17-7-8-18-6-5-16-12(18)9-17/h5-6,11,15H,3-4,7-10H2,1-2H3. The number of methoxy groups -OCH3 is 1. The van der Waals surface area contributed by atoms with Gasteiger partial charge in [-0.15, -0.1) is 0 Å². The van der Waals surface area contributed by atoms with Crippen LogP contribution in [0.2, 0.25) is 0 Å². The Kier molecular flexibility index (Phi) is 3.52. The van der Waals surface area contributed by atoms with Gasteiger partial charge in [0.2, 0.25) is 0 Å². The molecule has 1 aliphatic carbocycles. The predicted molar refractivity (Wildman–Crippen MR) is 74.0 cm³/mol. The Bertz CT molecular complexity index is 497. The first-order valence-corrected chi connectivity index (χ1v) is 7.19. The number of rotatable bonds is 5. The van der Waals surface area contributed by atoms with E-state index in [1.54, 1.807) is 0 Å². The van der Waals surface area contributed by atoms with Gasteiger partial charge in [0.15, 0.2) is 0 Å². The molecule has 1 N–H and O–H groups in total. The monoisotopic (exact) mass is 278 g/mol. The van der Waals surface area contributed by atoms with Crippen LogP contribution in [0.25, 0.3) is 0 Å². The van der Waals surface area contributed by atoms with Gasteiger partial charge in [-0.1, -0.05) is 0 Å². The van der Waals surface area contributed by atoms with Crippen LogP contribution < -0.4 is 5.32 Å². The van der Waals surface area contributed by atoms with Crippen molar-refractivity contribution in [2.24, 2.45) is 5.92 Å². The Balaban J connectivity index is 1.76. The third-order valence-corrected chi connectivity index (χ3v) is 4.57. The molecule has 20 heavy (non-hydrogen) atoms. The molecule has 0 radical (unpaired) electrons. The van der Waals surface area contributed by atoms with E-state index in [1.807, 2.05) is 19.4 Å². The van der Waals surface area contributed by atoms with Crippen LogP contribution in [-0.2, 0) is 22.6 Å². The molecule has 1 atom stereocenters. The number of hydrogen-bond donors (Lipinski definition) is 1. The quantitative estimate of drug-likeness (QED) is 0.782. The molecule has 1 aromatic heterocycles. The molecule has 1 aliphatic heterocycles. The molecule has 0 bridgehead atoms. The maximum atomic E-state index is 12.3. The average molecular weight is 278 g/mol. The Morgan fingerprint density at radius 3 is 3.00 bits per heavy atom. The van der Waals surface area contributed by atoms with Crippen LogP contribution in [0, 0.1) is 5.92 Å². The maximum absolute atomic E-state index is 12.3. The SMILES string of the molecule is CNC(CN1CCn2ccnc2C1)(C(=O)OC)C1CC1. The van der Waals surface area contributed by atoms with Crippen molar-refractivity contribution in [3.63, 3.8) is 0 Å². The normalized spacial score (nSPS) is 22.1. The van der Waals surface area contributed by atoms with Crippen molar-refractivity contribution < 1.29 is 9.53 Å². The predicted octanol–water partition coefficient (Wildman–Crippen LogP) is 0.240. The third kappa shape index (κ3) is 2.23. The van der Waals surface area contributed by atoms with E-state index in [9.17, 15) is 4.79 Å². The number of nitrogens with zero attached hydrogens (tertiary/aromatic N) is 3. The minimum absolute atomic E-state index is 0.142. The molecule has 6 heteroatoms. The number of likely N-dealkylation sites (N-methyl/N-ethyl adjacent to an activating group) is 1. The van der Waals surface area contributed by atoms with Crippen LogP contribution in [0.3, 0.4) is 0 Å². The van der Waals surface area contributed by atoms with Gasteiger partial charge in [0.05, 0.1) is 13.7 Å². The summed E-state index contributed by atoms with van der Waals surface area (Å²) in [6.07, 6.45) is 6.04. The smallest absolute Gasteiger partial charge is 0.327 e. The lowest BCUT2D eigenvalue weighted by Crippen LogP contribution is -2.60. The van der Waals surface area contributed by atoms with Gasteiger partial charge < -0.3 is 14.6 Å². The number of esters is 1. The van der Waals surface area contributed by atoms with Crippen molar-refractivity contribution >= 4 is 5.97 Å². The van der Waals surface area contributed by atoms with E-state index in [-0.39, 0.29) is 5.97 Å². The molecule has 110 valence electrons. The van der Waals surface area contributed by atoms with Crippen molar-refractivity contribution in [2.75, 3.05) is 27.2 Å². The molecular weight excluding hydrogens is 256 g/mol. The molecule has 0 aromatic carbocycles. The highest BCUT2D eigenvalue weighted by Gasteiger charge is 2.52. The highest BCUT2D eigenvalue weighted by atomic mass is 16.5. The van der Waals surface area contributed by atoms with Gasteiger partial charge in [-0.2, -0.15) is 0 Å². The summed E-state index contributed by atoms with van der Waals surface area (Å²) in [5, 5.41) is 3.25. The van der Waals surface area contributed by atoms with E-state index < -0.39 is 5.54 Å². The van der Waals surface area contributed by atoms with E-state index >= 15 is 0 Å². The van der Waals surface area contributed by atoms with Crippen LogP contribution in [0.4, 0.5) is 0 Å². The first kappa shape index (κ1) is 13.6. The summed E-state index contributed by atoms with van der Waals surface area (Å²) < 4.78 is 7.23.